The van der Waals surface area contributed by atoms with Crippen molar-refractivity contribution < 1.29 is 29.0 Å². The zero-order valence-electron chi connectivity index (χ0n) is 13.4. The number of rotatable bonds is 8. The van der Waals surface area contributed by atoms with Crippen molar-refractivity contribution in [3.63, 3.8) is 0 Å². The molecule has 5 heteroatoms. The molecule has 0 aromatic heterocycles. The average Bonchev–Trinajstić information content (AvgIpc) is 3.05. The van der Waals surface area contributed by atoms with Gasteiger partial charge in [-0.3, -0.25) is 0 Å². The second-order valence-corrected chi connectivity index (χ2v) is 5.21. The normalized spacial score (nSPS) is 12.8. The molecule has 0 fully saturated rings. The van der Waals surface area contributed by atoms with Crippen LogP contribution in [0.2, 0.25) is 0 Å². The molecule has 24 heavy (non-hydrogen) atoms. The smallest absolute Gasteiger partial charge is 0.506 e. The van der Waals surface area contributed by atoms with Crippen LogP contribution in [0.5, 0.6) is 11.5 Å². The molecule has 1 radical (unpaired) electrons. The molecule has 1 aliphatic rings. The minimum Gasteiger partial charge on any atom is -0.506 e. The summed E-state index contributed by atoms with van der Waals surface area (Å²) in [6.07, 6.45) is 4.10. The van der Waals surface area contributed by atoms with E-state index in [1.54, 1.807) is 0 Å². The van der Waals surface area contributed by atoms with Gasteiger partial charge in [-0.05, 0) is 36.7 Å². The molecule has 0 amide bonds. The topological polar surface area (TPSA) is 24.9 Å². The fourth-order valence-corrected chi connectivity index (χ4v) is 2.27. The zero-order valence-corrected chi connectivity index (χ0v) is 15.1. The van der Waals surface area contributed by atoms with E-state index in [1.165, 1.54) is 0 Å². The molecule has 1 aliphatic heterocycles. The summed E-state index contributed by atoms with van der Waals surface area (Å²) in [7, 11) is 0. The summed E-state index contributed by atoms with van der Waals surface area (Å²) in [6.45, 7) is 5.02. The zero-order chi connectivity index (χ0) is 15.7. The molecule has 0 saturated carbocycles. The molecule has 0 bridgehead atoms. The van der Waals surface area contributed by atoms with E-state index in [4.69, 9.17) is 9.47 Å². The van der Waals surface area contributed by atoms with E-state index >= 15 is 0 Å². The van der Waals surface area contributed by atoms with Gasteiger partial charge in [-0.25, -0.2) is 0 Å². The van der Waals surface area contributed by atoms with Gasteiger partial charge in [-0.2, -0.15) is 6.67 Å². The van der Waals surface area contributed by atoms with E-state index in [0.717, 1.165) is 24.6 Å². The molecule has 3 rings (SSSR count). The van der Waals surface area contributed by atoms with Gasteiger partial charge < -0.3 is 19.3 Å². The molecule has 127 valence electrons. The van der Waals surface area contributed by atoms with Gasteiger partial charge in [-0.1, -0.05) is 36.4 Å². The van der Waals surface area contributed by atoms with Crippen molar-refractivity contribution in [2.45, 2.75) is 0 Å². The number of hydrogen-bond donors (Lipinski definition) is 0. The Hall–Kier alpha value is -2.00. The van der Waals surface area contributed by atoms with Crippen molar-refractivity contribution in [1.29, 1.82) is 0 Å². The fourth-order valence-electron chi connectivity index (χ4n) is 2.27. The standard InChI is InChI=1S/C19H21N2O2.Ru/c1-3-7-18(8-4-1)22-15-13-20-11-12-21(17-20)14-16-23-19-9-5-2-6-10-19;/h1-12,17H,13-16H2;/q-1;+1. The molecule has 0 atom stereocenters. The van der Waals surface area contributed by atoms with Crippen LogP contribution < -0.4 is 9.47 Å². The minimum atomic E-state index is 0. The van der Waals surface area contributed by atoms with Crippen molar-refractivity contribution in [3.05, 3.63) is 79.7 Å². The van der Waals surface area contributed by atoms with Crippen molar-refractivity contribution in [1.82, 2.24) is 9.80 Å². The predicted molar refractivity (Wildman–Crippen MR) is 90.7 cm³/mol. The molecule has 0 N–H and O–H groups in total. The Morgan fingerprint density at radius 3 is 1.50 bits per heavy atom. The summed E-state index contributed by atoms with van der Waals surface area (Å²) in [5, 5.41) is 0. The van der Waals surface area contributed by atoms with Gasteiger partial charge in [0.15, 0.2) is 0 Å². The molecule has 0 unspecified atom stereocenters. The maximum atomic E-state index is 5.70. The second-order valence-electron chi connectivity index (χ2n) is 5.21. The van der Waals surface area contributed by atoms with Crippen LogP contribution in [0, 0.1) is 6.67 Å². The maximum Gasteiger partial charge on any atom is 1.00 e. The SMILES string of the molecule is C1=CN(CCOc2ccccc2)[CH-]N1CCOc1ccccc1.[Ru+]. The Morgan fingerprint density at radius 2 is 1.08 bits per heavy atom. The quantitative estimate of drug-likeness (QED) is 0.492. The van der Waals surface area contributed by atoms with E-state index < -0.39 is 0 Å². The van der Waals surface area contributed by atoms with Crippen LogP contribution in [0.1, 0.15) is 0 Å². The maximum absolute atomic E-state index is 5.70. The van der Waals surface area contributed by atoms with E-state index in [1.807, 2.05) is 60.7 Å². The summed E-state index contributed by atoms with van der Waals surface area (Å²) in [4.78, 5) is 4.23. The van der Waals surface area contributed by atoms with Crippen LogP contribution in [0.4, 0.5) is 0 Å². The summed E-state index contributed by atoms with van der Waals surface area (Å²) in [6, 6.07) is 19.8. The Balaban J connectivity index is 0.00000208. The van der Waals surface area contributed by atoms with Crippen LogP contribution in [-0.4, -0.2) is 36.1 Å². The Kier molecular flexibility index (Phi) is 7.64. The van der Waals surface area contributed by atoms with E-state index in [0.29, 0.717) is 13.2 Å². The van der Waals surface area contributed by atoms with E-state index in [-0.39, 0.29) is 19.5 Å². The number of para-hydroxylation sites is 2. The van der Waals surface area contributed by atoms with Gasteiger partial charge >= 0.3 is 19.5 Å². The van der Waals surface area contributed by atoms with Crippen LogP contribution in [0.3, 0.4) is 0 Å². The van der Waals surface area contributed by atoms with Gasteiger partial charge in [0.2, 0.25) is 0 Å². The van der Waals surface area contributed by atoms with Crippen LogP contribution in [-0.2, 0) is 19.5 Å². The minimum absolute atomic E-state index is 0. The summed E-state index contributed by atoms with van der Waals surface area (Å²) < 4.78 is 11.4. The average molecular weight is 410 g/mol. The first kappa shape index (κ1) is 18.3. The van der Waals surface area contributed by atoms with Gasteiger partial charge in [0.1, 0.15) is 24.7 Å². The Bertz CT molecular complexity index is 554. The molecule has 4 nitrogen and oxygen atoms in total. The molecule has 0 saturated heterocycles. The van der Waals surface area contributed by atoms with Crippen molar-refractivity contribution in [2.24, 2.45) is 0 Å². The Morgan fingerprint density at radius 1 is 0.667 bits per heavy atom. The third kappa shape index (κ3) is 5.90. The monoisotopic (exact) mass is 411 g/mol. The van der Waals surface area contributed by atoms with Gasteiger partial charge in [-0.15, -0.1) is 0 Å². The fraction of sp³-hybridized carbons (Fsp3) is 0.211. The summed E-state index contributed by atoms with van der Waals surface area (Å²) >= 11 is 0. The van der Waals surface area contributed by atoms with Crippen molar-refractivity contribution >= 4 is 0 Å². The van der Waals surface area contributed by atoms with E-state index in [9.17, 15) is 0 Å². The molecule has 0 aliphatic carbocycles. The van der Waals surface area contributed by atoms with Crippen molar-refractivity contribution in [2.75, 3.05) is 26.3 Å². The number of ether oxygens (including phenoxy) is 2. The third-order valence-corrected chi connectivity index (χ3v) is 3.47. The Labute approximate surface area is 156 Å². The number of benzene rings is 2. The van der Waals surface area contributed by atoms with Gasteiger partial charge in [0.05, 0.1) is 0 Å². The second kappa shape index (κ2) is 9.99. The predicted octanol–water partition coefficient (Wildman–Crippen LogP) is 3.35. The first-order chi connectivity index (χ1) is 11.4. The first-order valence-corrected chi connectivity index (χ1v) is 7.81. The third-order valence-electron chi connectivity index (χ3n) is 3.47. The number of hydrogen-bond acceptors (Lipinski definition) is 4. The van der Waals surface area contributed by atoms with Crippen LogP contribution in [0.25, 0.3) is 0 Å². The van der Waals surface area contributed by atoms with Crippen LogP contribution >= 0.6 is 0 Å². The molecule has 2 aromatic carbocycles. The molecular formula is C19H21N2O2Ru. The molecular weight excluding hydrogens is 389 g/mol. The van der Waals surface area contributed by atoms with Gasteiger partial charge in [0, 0.05) is 13.1 Å². The van der Waals surface area contributed by atoms with Gasteiger partial charge in [0.25, 0.3) is 0 Å². The molecule has 2 aromatic rings. The first-order valence-electron chi connectivity index (χ1n) is 7.81. The van der Waals surface area contributed by atoms with E-state index in [2.05, 4.69) is 28.9 Å². The molecule has 1 heterocycles. The number of nitrogens with zero attached hydrogens (tertiary/aromatic N) is 2. The van der Waals surface area contributed by atoms with Crippen molar-refractivity contribution in [3.8, 4) is 11.5 Å². The largest absolute Gasteiger partial charge is 1.00 e. The molecule has 0 spiro atoms. The summed E-state index contributed by atoms with van der Waals surface area (Å²) in [5.41, 5.74) is 0. The van der Waals surface area contributed by atoms with Crippen LogP contribution in [0.15, 0.2) is 73.1 Å². The summed E-state index contributed by atoms with van der Waals surface area (Å²) in [5.74, 6) is 1.81.